The van der Waals surface area contributed by atoms with Crippen molar-refractivity contribution < 1.29 is 9.21 Å². The van der Waals surface area contributed by atoms with Crippen molar-refractivity contribution in [3.63, 3.8) is 0 Å². The molecule has 0 radical (unpaired) electrons. The molecular weight excluding hydrogens is 303 g/mol. The lowest BCUT2D eigenvalue weighted by molar-refractivity contribution is -0.116. The van der Waals surface area contributed by atoms with Gasteiger partial charge in [-0.25, -0.2) is 0 Å². The summed E-state index contributed by atoms with van der Waals surface area (Å²) in [6.07, 6.45) is 0.318. The van der Waals surface area contributed by atoms with Gasteiger partial charge in [-0.05, 0) is 37.3 Å². The van der Waals surface area contributed by atoms with Gasteiger partial charge in [0.05, 0.1) is 6.42 Å². The van der Waals surface area contributed by atoms with E-state index in [9.17, 15) is 4.79 Å². The molecule has 0 amide bonds. The fourth-order valence-corrected chi connectivity index (χ4v) is 2.16. The molecule has 1 heterocycles. The lowest BCUT2D eigenvalue weighted by Crippen LogP contribution is -1.93. The van der Waals surface area contributed by atoms with E-state index in [1.54, 1.807) is 6.07 Å². The van der Waals surface area contributed by atoms with Gasteiger partial charge in [-0.3, -0.25) is 4.79 Å². The van der Waals surface area contributed by atoms with Crippen LogP contribution in [0.25, 0.3) is 11.3 Å². The smallest absolute Gasteiger partial charge is 0.137 e. The molecule has 0 aliphatic heterocycles. The van der Waals surface area contributed by atoms with Gasteiger partial charge in [-0.1, -0.05) is 27.5 Å². The van der Waals surface area contributed by atoms with Gasteiger partial charge in [-0.2, -0.15) is 0 Å². The van der Waals surface area contributed by atoms with Crippen LogP contribution in [-0.4, -0.2) is 5.78 Å². The van der Waals surface area contributed by atoms with E-state index in [2.05, 4.69) is 15.9 Å². The highest BCUT2D eigenvalue weighted by Crippen LogP contribution is 2.32. The van der Waals surface area contributed by atoms with Crippen molar-refractivity contribution in [2.75, 3.05) is 0 Å². The molecule has 0 aliphatic rings. The van der Waals surface area contributed by atoms with Gasteiger partial charge in [0, 0.05) is 15.1 Å². The van der Waals surface area contributed by atoms with E-state index in [-0.39, 0.29) is 5.78 Å². The van der Waals surface area contributed by atoms with Crippen molar-refractivity contribution >= 4 is 33.3 Å². The first-order valence-corrected chi connectivity index (χ1v) is 6.27. The van der Waals surface area contributed by atoms with Crippen LogP contribution >= 0.6 is 27.5 Å². The van der Waals surface area contributed by atoms with Gasteiger partial charge < -0.3 is 4.42 Å². The van der Waals surface area contributed by atoms with Crippen molar-refractivity contribution in [1.82, 2.24) is 0 Å². The zero-order chi connectivity index (χ0) is 12.4. The number of halogens is 2. The maximum atomic E-state index is 11.0. The molecule has 0 fully saturated rings. The molecule has 2 rings (SSSR count). The van der Waals surface area contributed by atoms with E-state index in [0.29, 0.717) is 23.0 Å². The van der Waals surface area contributed by atoms with Crippen molar-refractivity contribution in [1.29, 1.82) is 0 Å². The predicted molar refractivity (Wildman–Crippen MR) is 71.2 cm³/mol. The van der Waals surface area contributed by atoms with Gasteiger partial charge in [-0.15, -0.1) is 0 Å². The van der Waals surface area contributed by atoms with E-state index >= 15 is 0 Å². The summed E-state index contributed by atoms with van der Waals surface area (Å²) in [5.74, 6) is 1.45. The van der Waals surface area contributed by atoms with Gasteiger partial charge >= 0.3 is 0 Å². The first-order valence-electron chi connectivity index (χ1n) is 5.10. The molecule has 2 aromatic rings. The quantitative estimate of drug-likeness (QED) is 0.835. The highest BCUT2D eigenvalue weighted by Gasteiger charge is 2.10. The van der Waals surface area contributed by atoms with Crippen LogP contribution < -0.4 is 0 Å². The number of carbonyl (C=O) groups is 1. The first kappa shape index (κ1) is 12.4. The number of Topliss-reactive ketones (excluding diaryl/α,β-unsaturated/α-hetero) is 1. The molecule has 4 heteroatoms. The molecule has 0 N–H and O–H groups in total. The van der Waals surface area contributed by atoms with Crippen molar-refractivity contribution in [3.8, 4) is 11.3 Å². The summed E-state index contributed by atoms with van der Waals surface area (Å²) in [6.45, 7) is 1.54. The van der Waals surface area contributed by atoms with E-state index < -0.39 is 0 Å². The maximum Gasteiger partial charge on any atom is 0.137 e. The third kappa shape index (κ3) is 2.99. The maximum absolute atomic E-state index is 11.0. The second-order valence-electron chi connectivity index (χ2n) is 3.77. The zero-order valence-corrected chi connectivity index (χ0v) is 11.5. The Bertz CT molecular complexity index is 560. The van der Waals surface area contributed by atoms with Gasteiger partial charge in [0.25, 0.3) is 0 Å². The third-order valence-electron chi connectivity index (χ3n) is 2.28. The minimum Gasteiger partial charge on any atom is -0.461 e. The van der Waals surface area contributed by atoms with Gasteiger partial charge in [0.15, 0.2) is 0 Å². The van der Waals surface area contributed by atoms with Crippen LogP contribution in [0.5, 0.6) is 0 Å². The Labute approximate surface area is 113 Å². The lowest BCUT2D eigenvalue weighted by atomic mass is 10.2. The monoisotopic (exact) mass is 312 g/mol. The van der Waals surface area contributed by atoms with E-state index in [4.69, 9.17) is 16.0 Å². The van der Waals surface area contributed by atoms with E-state index in [1.165, 1.54) is 6.92 Å². The summed E-state index contributed by atoms with van der Waals surface area (Å²) < 4.78 is 6.51. The van der Waals surface area contributed by atoms with Crippen LogP contribution in [0, 0.1) is 0 Å². The number of rotatable bonds is 3. The lowest BCUT2D eigenvalue weighted by Gasteiger charge is -2.01. The molecule has 2 nitrogen and oxygen atoms in total. The molecule has 17 heavy (non-hydrogen) atoms. The summed E-state index contributed by atoms with van der Waals surface area (Å²) >= 11 is 9.38. The molecule has 0 bridgehead atoms. The molecule has 88 valence electrons. The number of carbonyl (C=O) groups excluding carboxylic acids is 1. The molecule has 0 saturated heterocycles. The average Bonchev–Trinajstić information content (AvgIpc) is 2.69. The molecule has 0 saturated carbocycles. The Morgan fingerprint density at radius 2 is 2.12 bits per heavy atom. The number of furan rings is 1. The normalized spacial score (nSPS) is 10.5. The topological polar surface area (TPSA) is 30.2 Å². The highest BCUT2D eigenvalue weighted by molar-refractivity contribution is 9.10. The molecular formula is C13H10BrClO2. The van der Waals surface area contributed by atoms with Gasteiger partial charge in [0.1, 0.15) is 17.3 Å². The predicted octanol–water partition coefficient (Wildman–Crippen LogP) is 4.49. The van der Waals surface area contributed by atoms with E-state index in [0.717, 1.165) is 10.0 Å². The zero-order valence-electron chi connectivity index (χ0n) is 9.17. The Morgan fingerprint density at radius 3 is 2.82 bits per heavy atom. The Morgan fingerprint density at radius 1 is 1.35 bits per heavy atom. The Hall–Kier alpha value is -1.06. The molecule has 0 aliphatic carbocycles. The summed E-state index contributed by atoms with van der Waals surface area (Å²) in [5.41, 5.74) is 0.882. The second kappa shape index (κ2) is 5.07. The molecule has 1 aromatic heterocycles. The Kier molecular flexibility index (Phi) is 3.69. The van der Waals surface area contributed by atoms with Crippen molar-refractivity contribution in [3.05, 3.63) is 45.6 Å². The number of hydrogen-bond donors (Lipinski definition) is 0. The largest absolute Gasteiger partial charge is 0.461 e. The van der Waals surface area contributed by atoms with Crippen LogP contribution in [0.3, 0.4) is 0 Å². The van der Waals surface area contributed by atoms with Crippen LogP contribution in [-0.2, 0) is 11.2 Å². The summed E-state index contributed by atoms with van der Waals surface area (Å²) in [5, 5.41) is 0.646. The number of hydrogen-bond acceptors (Lipinski definition) is 2. The molecule has 0 unspecified atom stereocenters. The highest BCUT2D eigenvalue weighted by atomic mass is 79.9. The third-order valence-corrected chi connectivity index (χ3v) is 3.21. The van der Waals surface area contributed by atoms with Gasteiger partial charge in [0.2, 0.25) is 0 Å². The fraction of sp³-hybridized carbons (Fsp3) is 0.154. The fourth-order valence-electron chi connectivity index (χ4n) is 1.55. The van der Waals surface area contributed by atoms with Crippen LogP contribution in [0.4, 0.5) is 0 Å². The van der Waals surface area contributed by atoms with Crippen molar-refractivity contribution in [2.24, 2.45) is 0 Å². The summed E-state index contributed by atoms with van der Waals surface area (Å²) in [6, 6.07) is 9.14. The summed E-state index contributed by atoms with van der Waals surface area (Å²) in [7, 11) is 0. The Balaban J connectivity index is 2.36. The minimum absolute atomic E-state index is 0.0797. The number of ketones is 1. The van der Waals surface area contributed by atoms with Crippen LogP contribution in [0.15, 0.2) is 39.2 Å². The second-order valence-corrected chi connectivity index (χ2v) is 5.06. The molecule has 1 aromatic carbocycles. The average molecular weight is 314 g/mol. The van der Waals surface area contributed by atoms with E-state index in [1.807, 2.05) is 24.3 Å². The van der Waals surface area contributed by atoms with Crippen LogP contribution in [0.1, 0.15) is 12.7 Å². The molecule has 0 spiro atoms. The summed E-state index contributed by atoms with van der Waals surface area (Å²) in [4.78, 5) is 11.0. The number of benzene rings is 1. The van der Waals surface area contributed by atoms with Crippen LogP contribution in [0.2, 0.25) is 5.02 Å². The molecule has 0 atom stereocenters. The first-order chi connectivity index (χ1) is 8.06. The van der Waals surface area contributed by atoms with Crippen molar-refractivity contribution in [2.45, 2.75) is 13.3 Å². The standard InChI is InChI=1S/C13H10BrClO2/c1-8(16)6-10-3-5-13(17-10)11-7-9(15)2-4-12(11)14/h2-5,7H,6H2,1H3. The minimum atomic E-state index is 0.0797. The SMILES string of the molecule is CC(=O)Cc1ccc(-c2cc(Cl)ccc2Br)o1.